The number of halogens is 4. The van der Waals surface area contributed by atoms with Crippen LogP contribution in [0.4, 0.5) is 13.2 Å². The van der Waals surface area contributed by atoms with Gasteiger partial charge in [0.1, 0.15) is 9.75 Å². The van der Waals surface area contributed by atoms with Crippen LogP contribution in [0.2, 0.25) is 5.02 Å². The second-order valence-electron chi connectivity index (χ2n) is 8.01. The van der Waals surface area contributed by atoms with Gasteiger partial charge in [-0.15, -0.1) is 11.3 Å². The smallest absolute Gasteiger partial charge is 0.480 e. The summed E-state index contributed by atoms with van der Waals surface area (Å²) in [5, 5.41) is 17.5. The zero-order valence-electron chi connectivity index (χ0n) is 18.7. The molecule has 2 atom stereocenters. The summed E-state index contributed by atoms with van der Waals surface area (Å²) in [5.41, 5.74) is 6.58. The Labute approximate surface area is 218 Å². The van der Waals surface area contributed by atoms with Gasteiger partial charge >= 0.3 is 18.1 Å². The number of nitrogens with one attached hydrogen (secondary N) is 1. The lowest BCUT2D eigenvalue weighted by Crippen LogP contribution is -2.44. The Kier molecular flexibility index (Phi) is 8.34. The molecule has 4 rings (SSSR count). The molecule has 14 heteroatoms. The number of alkyl halides is 3. The molecule has 1 saturated carbocycles. The molecular formula is C23H20ClF3N2O6S2. The minimum Gasteiger partial charge on any atom is -0.480 e. The van der Waals surface area contributed by atoms with Crippen molar-refractivity contribution >= 4 is 44.9 Å². The maximum absolute atomic E-state index is 13.0. The lowest BCUT2D eigenvalue weighted by molar-refractivity contribution is -0.192. The summed E-state index contributed by atoms with van der Waals surface area (Å²) >= 11 is 6.98. The van der Waals surface area contributed by atoms with Crippen LogP contribution in [0.15, 0.2) is 64.9 Å². The SMILES string of the molecule is NCc1ccc(C2CC2(NS(=O)(=O)c2ccc(-c3ccc(Cl)cc3)s2)C(=O)O)cc1.O=C(O)C(F)(F)F. The highest BCUT2D eigenvalue weighted by Gasteiger charge is 2.63. The summed E-state index contributed by atoms with van der Waals surface area (Å²) in [4.78, 5) is 21.6. The molecule has 0 spiro atoms. The largest absolute Gasteiger partial charge is 0.490 e. The summed E-state index contributed by atoms with van der Waals surface area (Å²) in [7, 11) is -4.01. The second kappa shape index (κ2) is 10.8. The molecule has 0 aliphatic heterocycles. The Morgan fingerprint density at radius 2 is 1.62 bits per heavy atom. The monoisotopic (exact) mass is 576 g/mol. The van der Waals surface area contributed by atoms with Crippen LogP contribution in [0.25, 0.3) is 10.4 Å². The average molecular weight is 577 g/mol. The molecular weight excluding hydrogens is 557 g/mol. The zero-order chi connectivity index (χ0) is 27.6. The van der Waals surface area contributed by atoms with E-state index in [1.54, 1.807) is 42.5 Å². The van der Waals surface area contributed by atoms with Crippen LogP contribution >= 0.6 is 22.9 Å². The number of carboxylic acids is 2. The van der Waals surface area contributed by atoms with Gasteiger partial charge in [0.2, 0.25) is 0 Å². The van der Waals surface area contributed by atoms with Crippen molar-refractivity contribution in [3.63, 3.8) is 0 Å². The van der Waals surface area contributed by atoms with E-state index in [1.165, 1.54) is 6.07 Å². The Bertz CT molecular complexity index is 1390. The number of benzene rings is 2. The van der Waals surface area contributed by atoms with Crippen molar-refractivity contribution in [1.82, 2.24) is 4.72 Å². The van der Waals surface area contributed by atoms with Gasteiger partial charge in [-0.1, -0.05) is 48.0 Å². The van der Waals surface area contributed by atoms with E-state index in [0.717, 1.165) is 32.9 Å². The standard InChI is InChI=1S/C21H19ClN2O4S2.C2HF3O2/c22-16-7-5-15(6-8-16)18-9-10-19(29-18)30(27,28)24-21(20(25)26)11-17(21)14-3-1-13(12-23)2-4-14;3-2(4,5)1(6)7/h1-10,17,24H,11-12,23H2,(H,25,26);(H,6,7). The average Bonchev–Trinajstić information content (AvgIpc) is 3.32. The molecule has 0 saturated heterocycles. The van der Waals surface area contributed by atoms with Crippen molar-refractivity contribution in [2.45, 2.75) is 34.8 Å². The van der Waals surface area contributed by atoms with E-state index < -0.39 is 39.6 Å². The number of hydrogen-bond donors (Lipinski definition) is 4. The third kappa shape index (κ3) is 6.67. The molecule has 0 bridgehead atoms. The van der Waals surface area contributed by atoms with Crippen LogP contribution in [0.1, 0.15) is 23.5 Å². The number of rotatable bonds is 7. The van der Waals surface area contributed by atoms with Gasteiger partial charge in [0.15, 0.2) is 0 Å². The summed E-state index contributed by atoms with van der Waals surface area (Å²) in [5.74, 6) is -4.38. The first kappa shape index (κ1) is 28.6. The van der Waals surface area contributed by atoms with Gasteiger partial charge in [0.25, 0.3) is 10.0 Å². The maximum atomic E-state index is 13.0. The Hall–Kier alpha value is -2.97. The number of carboxylic acid groups (broad SMARTS) is 2. The highest BCUT2D eigenvalue weighted by molar-refractivity contribution is 7.91. The third-order valence-electron chi connectivity index (χ3n) is 5.49. The third-order valence-corrected chi connectivity index (χ3v) is 8.88. The van der Waals surface area contributed by atoms with E-state index in [-0.39, 0.29) is 10.6 Å². The Balaban J connectivity index is 0.000000479. The predicted octanol–water partition coefficient (Wildman–Crippen LogP) is 4.45. The van der Waals surface area contributed by atoms with Crippen LogP contribution in [0.5, 0.6) is 0 Å². The number of nitrogens with two attached hydrogens (primary N) is 1. The van der Waals surface area contributed by atoms with Crippen molar-refractivity contribution < 1.29 is 41.4 Å². The first-order valence-electron chi connectivity index (χ1n) is 10.4. The fraction of sp³-hybridized carbons (Fsp3) is 0.217. The molecule has 8 nitrogen and oxygen atoms in total. The van der Waals surface area contributed by atoms with Crippen molar-refractivity contribution in [1.29, 1.82) is 0 Å². The molecule has 198 valence electrons. The van der Waals surface area contributed by atoms with Gasteiger partial charge in [-0.05, 0) is 47.4 Å². The second-order valence-corrected chi connectivity index (χ2v) is 11.4. The van der Waals surface area contributed by atoms with Crippen molar-refractivity contribution in [2.75, 3.05) is 0 Å². The Morgan fingerprint density at radius 1 is 1.05 bits per heavy atom. The van der Waals surface area contributed by atoms with Gasteiger partial charge in [-0.3, -0.25) is 4.79 Å². The fourth-order valence-electron chi connectivity index (χ4n) is 3.47. The van der Waals surface area contributed by atoms with Gasteiger partial charge in [0, 0.05) is 22.4 Å². The van der Waals surface area contributed by atoms with Crippen molar-refractivity contribution in [3.8, 4) is 10.4 Å². The quantitative estimate of drug-likeness (QED) is 0.325. The molecule has 1 aliphatic carbocycles. The molecule has 1 heterocycles. The van der Waals surface area contributed by atoms with E-state index in [0.29, 0.717) is 11.6 Å². The maximum Gasteiger partial charge on any atom is 0.490 e. The van der Waals surface area contributed by atoms with Crippen molar-refractivity contribution in [3.05, 3.63) is 76.8 Å². The lowest BCUT2D eigenvalue weighted by atomic mass is 10.0. The summed E-state index contributed by atoms with van der Waals surface area (Å²) in [6.45, 7) is 0.385. The molecule has 2 unspecified atom stereocenters. The van der Waals surface area contributed by atoms with Crippen molar-refractivity contribution in [2.24, 2.45) is 5.73 Å². The molecule has 1 fully saturated rings. The summed E-state index contributed by atoms with van der Waals surface area (Å²) in [6.07, 6.45) is -4.89. The molecule has 5 N–H and O–H groups in total. The fourth-order valence-corrected chi connectivity index (χ4v) is 6.31. The zero-order valence-corrected chi connectivity index (χ0v) is 21.1. The van der Waals surface area contributed by atoms with Gasteiger partial charge in [0.05, 0.1) is 0 Å². The molecule has 3 aromatic rings. The first-order valence-corrected chi connectivity index (χ1v) is 13.1. The highest BCUT2D eigenvalue weighted by atomic mass is 35.5. The lowest BCUT2D eigenvalue weighted by Gasteiger charge is -2.15. The summed E-state index contributed by atoms with van der Waals surface area (Å²) in [6, 6.07) is 17.5. The number of thiophene rings is 1. The molecule has 37 heavy (non-hydrogen) atoms. The molecule has 1 aromatic heterocycles. The molecule has 0 radical (unpaired) electrons. The number of aliphatic carboxylic acids is 2. The topological polar surface area (TPSA) is 147 Å². The minimum absolute atomic E-state index is 0.0669. The van der Waals surface area contributed by atoms with Gasteiger partial charge in [-0.2, -0.15) is 17.9 Å². The molecule has 2 aromatic carbocycles. The molecule has 1 aliphatic rings. The normalized spacial score (nSPS) is 19.0. The van der Waals surface area contributed by atoms with E-state index in [9.17, 15) is 31.5 Å². The van der Waals surface area contributed by atoms with E-state index in [1.807, 2.05) is 12.1 Å². The van der Waals surface area contributed by atoms with Crippen LogP contribution in [-0.2, 0) is 26.2 Å². The van der Waals surface area contributed by atoms with Gasteiger partial charge in [-0.25, -0.2) is 13.2 Å². The van der Waals surface area contributed by atoms with Crippen LogP contribution < -0.4 is 10.5 Å². The highest BCUT2D eigenvalue weighted by Crippen LogP contribution is 2.52. The first-order chi connectivity index (χ1) is 17.2. The molecule has 0 amide bonds. The number of sulfonamides is 1. The van der Waals surface area contributed by atoms with Crippen LogP contribution in [-0.4, -0.2) is 42.3 Å². The minimum atomic E-state index is -5.08. The predicted molar refractivity (Wildman–Crippen MR) is 131 cm³/mol. The number of carbonyl (C=O) groups is 2. The Morgan fingerprint density at radius 3 is 2.11 bits per heavy atom. The van der Waals surface area contributed by atoms with E-state index in [4.69, 9.17) is 27.2 Å². The van der Waals surface area contributed by atoms with E-state index >= 15 is 0 Å². The van der Waals surface area contributed by atoms with Crippen LogP contribution in [0, 0.1) is 0 Å². The van der Waals surface area contributed by atoms with Crippen LogP contribution in [0.3, 0.4) is 0 Å². The number of hydrogen-bond acceptors (Lipinski definition) is 6. The summed E-state index contributed by atoms with van der Waals surface area (Å²) < 4.78 is 60.2. The van der Waals surface area contributed by atoms with Gasteiger partial charge < -0.3 is 15.9 Å². The van der Waals surface area contributed by atoms with E-state index in [2.05, 4.69) is 4.72 Å².